The summed E-state index contributed by atoms with van der Waals surface area (Å²) in [6.07, 6.45) is 3.57. The van der Waals surface area contributed by atoms with Crippen LogP contribution in [0.5, 0.6) is 0 Å². The standard InChI is InChI=1S/C8H9BrO/c1-3-8-6(2)10-5-7(8)4-9/h3,5H,1,4H2,2H3. The Morgan fingerprint density at radius 3 is 2.90 bits per heavy atom. The summed E-state index contributed by atoms with van der Waals surface area (Å²) in [5.41, 5.74) is 2.27. The molecule has 0 aliphatic heterocycles. The smallest absolute Gasteiger partial charge is 0.108 e. The van der Waals surface area contributed by atoms with Gasteiger partial charge in [0.15, 0.2) is 0 Å². The lowest BCUT2D eigenvalue weighted by Crippen LogP contribution is -1.77. The second kappa shape index (κ2) is 3.06. The van der Waals surface area contributed by atoms with Crippen molar-refractivity contribution in [1.29, 1.82) is 0 Å². The van der Waals surface area contributed by atoms with Gasteiger partial charge in [-0.05, 0) is 6.92 Å². The molecule has 0 aliphatic carbocycles. The van der Waals surface area contributed by atoms with Gasteiger partial charge in [0.05, 0.1) is 6.26 Å². The average Bonchev–Trinajstić information content (AvgIpc) is 2.30. The van der Waals surface area contributed by atoms with Gasteiger partial charge in [-0.3, -0.25) is 0 Å². The predicted octanol–water partition coefficient (Wildman–Crippen LogP) is 3.13. The van der Waals surface area contributed by atoms with E-state index in [0.29, 0.717) is 0 Å². The topological polar surface area (TPSA) is 13.1 Å². The summed E-state index contributed by atoms with van der Waals surface area (Å²) in [7, 11) is 0. The van der Waals surface area contributed by atoms with Crippen LogP contribution < -0.4 is 0 Å². The van der Waals surface area contributed by atoms with Crippen LogP contribution in [0.25, 0.3) is 6.08 Å². The first kappa shape index (κ1) is 7.61. The van der Waals surface area contributed by atoms with Crippen molar-refractivity contribution in [3.63, 3.8) is 0 Å². The van der Waals surface area contributed by atoms with E-state index in [-0.39, 0.29) is 0 Å². The molecule has 0 amide bonds. The normalized spacial score (nSPS) is 9.80. The van der Waals surface area contributed by atoms with Crippen LogP contribution in [0.3, 0.4) is 0 Å². The zero-order chi connectivity index (χ0) is 7.56. The van der Waals surface area contributed by atoms with E-state index in [1.165, 1.54) is 0 Å². The Balaban J connectivity index is 3.12. The van der Waals surface area contributed by atoms with Crippen LogP contribution in [-0.2, 0) is 5.33 Å². The highest BCUT2D eigenvalue weighted by molar-refractivity contribution is 9.08. The van der Waals surface area contributed by atoms with Crippen molar-refractivity contribution >= 4 is 22.0 Å². The predicted molar refractivity (Wildman–Crippen MR) is 46.2 cm³/mol. The second-order valence-electron chi connectivity index (χ2n) is 2.07. The van der Waals surface area contributed by atoms with Crippen LogP contribution in [0.1, 0.15) is 16.9 Å². The molecule has 0 saturated carbocycles. The lowest BCUT2D eigenvalue weighted by molar-refractivity contribution is 0.532. The maximum absolute atomic E-state index is 5.18. The van der Waals surface area contributed by atoms with Gasteiger partial charge < -0.3 is 4.42 Å². The number of hydrogen-bond acceptors (Lipinski definition) is 1. The highest BCUT2D eigenvalue weighted by Crippen LogP contribution is 2.19. The van der Waals surface area contributed by atoms with E-state index < -0.39 is 0 Å². The Labute approximate surface area is 68.9 Å². The van der Waals surface area contributed by atoms with Crippen molar-refractivity contribution in [3.05, 3.63) is 29.7 Å². The van der Waals surface area contributed by atoms with Gasteiger partial charge >= 0.3 is 0 Å². The van der Waals surface area contributed by atoms with Crippen LogP contribution in [0, 0.1) is 6.92 Å². The average molecular weight is 201 g/mol. The summed E-state index contributed by atoms with van der Waals surface area (Å²) < 4.78 is 5.18. The van der Waals surface area contributed by atoms with Crippen LogP contribution >= 0.6 is 15.9 Å². The molecule has 1 rings (SSSR count). The van der Waals surface area contributed by atoms with Crippen molar-refractivity contribution in [1.82, 2.24) is 0 Å². The van der Waals surface area contributed by atoms with Gasteiger partial charge in [-0.1, -0.05) is 28.6 Å². The molecule has 0 bridgehead atoms. The Kier molecular flexibility index (Phi) is 2.33. The third-order valence-electron chi connectivity index (χ3n) is 1.45. The molecule has 0 radical (unpaired) electrons. The van der Waals surface area contributed by atoms with Crippen molar-refractivity contribution in [2.24, 2.45) is 0 Å². The van der Waals surface area contributed by atoms with Gasteiger partial charge in [0, 0.05) is 16.5 Å². The zero-order valence-electron chi connectivity index (χ0n) is 5.86. The number of rotatable bonds is 2. The van der Waals surface area contributed by atoms with Crippen molar-refractivity contribution in [2.75, 3.05) is 0 Å². The monoisotopic (exact) mass is 200 g/mol. The fourth-order valence-corrected chi connectivity index (χ4v) is 1.33. The third-order valence-corrected chi connectivity index (χ3v) is 2.06. The molecule has 1 aromatic rings. The maximum Gasteiger partial charge on any atom is 0.108 e. The number of halogens is 1. The summed E-state index contributed by atoms with van der Waals surface area (Å²) >= 11 is 3.35. The molecule has 0 N–H and O–H groups in total. The van der Waals surface area contributed by atoms with E-state index in [0.717, 1.165) is 22.2 Å². The molecular formula is C8H9BrO. The first-order valence-corrected chi connectivity index (χ1v) is 4.17. The molecule has 1 nitrogen and oxygen atoms in total. The van der Waals surface area contributed by atoms with Gasteiger partial charge in [0.2, 0.25) is 0 Å². The summed E-state index contributed by atoms with van der Waals surface area (Å²) in [5, 5.41) is 0.825. The first-order valence-electron chi connectivity index (χ1n) is 3.05. The molecule has 54 valence electrons. The molecule has 0 saturated heterocycles. The maximum atomic E-state index is 5.18. The highest BCUT2D eigenvalue weighted by atomic mass is 79.9. The van der Waals surface area contributed by atoms with Gasteiger partial charge in [0.25, 0.3) is 0 Å². The molecule has 0 fully saturated rings. The van der Waals surface area contributed by atoms with E-state index in [1.54, 1.807) is 6.26 Å². The summed E-state index contributed by atoms with van der Waals surface area (Å²) in [4.78, 5) is 0. The molecule has 0 aromatic carbocycles. The number of furan rings is 1. The lowest BCUT2D eigenvalue weighted by Gasteiger charge is -1.90. The number of alkyl halides is 1. The largest absolute Gasteiger partial charge is 0.469 e. The van der Waals surface area contributed by atoms with Gasteiger partial charge in [-0.25, -0.2) is 0 Å². The van der Waals surface area contributed by atoms with Crippen LogP contribution in [0.15, 0.2) is 17.3 Å². The minimum Gasteiger partial charge on any atom is -0.469 e. The second-order valence-corrected chi connectivity index (χ2v) is 2.63. The minimum absolute atomic E-state index is 0.825. The third kappa shape index (κ3) is 1.16. The SMILES string of the molecule is C=Cc1c(CBr)coc1C. The molecule has 0 aliphatic rings. The minimum atomic E-state index is 0.825. The first-order chi connectivity index (χ1) is 4.79. The summed E-state index contributed by atoms with van der Waals surface area (Å²) in [6.45, 7) is 5.63. The van der Waals surface area contributed by atoms with Gasteiger partial charge in [-0.2, -0.15) is 0 Å². The fourth-order valence-electron chi connectivity index (χ4n) is 0.891. The quantitative estimate of drug-likeness (QED) is 0.670. The Bertz CT molecular complexity index is 237. The Morgan fingerprint density at radius 1 is 1.80 bits per heavy atom. The number of aryl methyl sites for hydroxylation is 1. The molecule has 0 spiro atoms. The van der Waals surface area contributed by atoms with E-state index >= 15 is 0 Å². The zero-order valence-corrected chi connectivity index (χ0v) is 7.44. The van der Waals surface area contributed by atoms with E-state index in [9.17, 15) is 0 Å². The molecule has 1 heterocycles. The van der Waals surface area contributed by atoms with Gasteiger partial charge in [-0.15, -0.1) is 0 Å². The van der Waals surface area contributed by atoms with Crippen LogP contribution in [0.2, 0.25) is 0 Å². The molecule has 0 unspecified atom stereocenters. The van der Waals surface area contributed by atoms with Crippen molar-refractivity contribution < 1.29 is 4.42 Å². The van der Waals surface area contributed by atoms with Crippen LogP contribution in [-0.4, -0.2) is 0 Å². The van der Waals surface area contributed by atoms with Gasteiger partial charge in [0.1, 0.15) is 5.76 Å². The summed E-state index contributed by atoms with van der Waals surface area (Å²) in [6, 6.07) is 0. The van der Waals surface area contributed by atoms with E-state index in [1.807, 2.05) is 13.0 Å². The lowest BCUT2D eigenvalue weighted by atomic mass is 10.2. The van der Waals surface area contributed by atoms with E-state index in [2.05, 4.69) is 22.5 Å². The molecule has 1 aromatic heterocycles. The highest BCUT2D eigenvalue weighted by Gasteiger charge is 2.03. The molecule has 2 heteroatoms. The summed E-state index contributed by atoms with van der Waals surface area (Å²) in [5.74, 6) is 0.935. The van der Waals surface area contributed by atoms with Crippen molar-refractivity contribution in [3.8, 4) is 0 Å². The van der Waals surface area contributed by atoms with E-state index in [4.69, 9.17) is 4.42 Å². The Hall–Kier alpha value is -0.500. The van der Waals surface area contributed by atoms with Crippen molar-refractivity contribution in [2.45, 2.75) is 12.3 Å². The fraction of sp³-hybridized carbons (Fsp3) is 0.250. The molecule has 10 heavy (non-hydrogen) atoms. The van der Waals surface area contributed by atoms with Crippen LogP contribution in [0.4, 0.5) is 0 Å². The number of hydrogen-bond donors (Lipinski definition) is 0. The molecule has 0 atom stereocenters. The Morgan fingerprint density at radius 2 is 2.50 bits per heavy atom. The molecular weight excluding hydrogens is 192 g/mol.